The Kier molecular flexibility index (Phi) is 4.95. The van der Waals surface area contributed by atoms with Crippen molar-refractivity contribution in [1.29, 1.82) is 0 Å². The van der Waals surface area contributed by atoms with Crippen LogP contribution in [0.15, 0.2) is 54.6 Å². The van der Waals surface area contributed by atoms with Crippen LogP contribution in [0, 0.1) is 0 Å². The summed E-state index contributed by atoms with van der Waals surface area (Å²) in [6.07, 6.45) is 4.41. The molecule has 0 atom stereocenters. The van der Waals surface area contributed by atoms with E-state index in [1.807, 2.05) is 59.5 Å². The SMILES string of the molecule is O=C(OCc1ccc(C(=O)N2CCCC2)cc1)c1cc(C2CC2)nc2ccccc12. The Labute approximate surface area is 175 Å². The van der Waals surface area contributed by atoms with E-state index in [9.17, 15) is 9.59 Å². The highest BCUT2D eigenvalue weighted by Crippen LogP contribution is 2.40. The predicted molar refractivity (Wildman–Crippen MR) is 114 cm³/mol. The maximum atomic E-state index is 12.9. The van der Waals surface area contributed by atoms with Crippen molar-refractivity contribution >= 4 is 22.8 Å². The summed E-state index contributed by atoms with van der Waals surface area (Å²) in [4.78, 5) is 31.9. The quantitative estimate of drug-likeness (QED) is 0.582. The van der Waals surface area contributed by atoms with Crippen molar-refractivity contribution in [2.75, 3.05) is 13.1 Å². The van der Waals surface area contributed by atoms with E-state index in [-0.39, 0.29) is 18.5 Å². The molecule has 1 amide bonds. The van der Waals surface area contributed by atoms with Gasteiger partial charge in [-0.25, -0.2) is 4.79 Å². The number of rotatable bonds is 5. The molecule has 1 aliphatic carbocycles. The Morgan fingerprint density at radius 1 is 1.00 bits per heavy atom. The van der Waals surface area contributed by atoms with Crippen molar-refractivity contribution in [3.8, 4) is 0 Å². The first-order valence-corrected chi connectivity index (χ1v) is 10.6. The fraction of sp³-hybridized carbons (Fsp3) is 0.320. The number of ether oxygens (including phenoxy) is 1. The average molecular weight is 400 g/mol. The topological polar surface area (TPSA) is 59.5 Å². The molecule has 30 heavy (non-hydrogen) atoms. The number of hydrogen-bond donors (Lipinski definition) is 0. The second-order valence-electron chi connectivity index (χ2n) is 8.16. The van der Waals surface area contributed by atoms with Crippen molar-refractivity contribution in [3.05, 3.63) is 77.0 Å². The highest BCUT2D eigenvalue weighted by Gasteiger charge is 2.27. The molecule has 2 aliphatic rings. The molecule has 0 N–H and O–H groups in total. The molecular weight excluding hydrogens is 376 g/mol. The van der Waals surface area contributed by atoms with E-state index >= 15 is 0 Å². The van der Waals surface area contributed by atoms with Crippen LogP contribution in [-0.2, 0) is 11.3 Å². The van der Waals surface area contributed by atoms with Gasteiger partial charge in [0.15, 0.2) is 0 Å². The number of carbonyl (C=O) groups is 2. The average Bonchev–Trinajstić information content (AvgIpc) is 3.50. The van der Waals surface area contributed by atoms with Crippen LogP contribution in [0.1, 0.15) is 63.6 Å². The van der Waals surface area contributed by atoms with Crippen LogP contribution in [0.4, 0.5) is 0 Å². The van der Waals surface area contributed by atoms with Crippen molar-refractivity contribution in [2.45, 2.75) is 38.2 Å². The molecule has 1 saturated heterocycles. The molecule has 1 saturated carbocycles. The first kappa shape index (κ1) is 18.8. The summed E-state index contributed by atoms with van der Waals surface area (Å²) in [5.74, 6) is 0.196. The summed E-state index contributed by atoms with van der Waals surface area (Å²) < 4.78 is 5.62. The van der Waals surface area contributed by atoms with Gasteiger partial charge in [0.2, 0.25) is 0 Å². The second kappa shape index (κ2) is 7.90. The molecule has 0 unspecified atom stereocenters. The number of carbonyl (C=O) groups excluding carboxylic acids is 2. The number of fused-ring (bicyclic) bond motifs is 1. The molecule has 5 nitrogen and oxygen atoms in total. The van der Waals surface area contributed by atoms with Crippen LogP contribution in [0.3, 0.4) is 0 Å². The van der Waals surface area contributed by atoms with Crippen molar-refractivity contribution in [1.82, 2.24) is 9.88 Å². The zero-order valence-corrected chi connectivity index (χ0v) is 16.8. The van der Waals surface area contributed by atoms with Crippen LogP contribution in [0.2, 0.25) is 0 Å². The van der Waals surface area contributed by atoms with Gasteiger partial charge in [0, 0.05) is 35.7 Å². The third kappa shape index (κ3) is 3.80. The van der Waals surface area contributed by atoms with Crippen LogP contribution in [0.25, 0.3) is 10.9 Å². The predicted octanol–water partition coefficient (Wildman–Crippen LogP) is 4.71. The first-order valence-electron chi connectivity index (χ1n) is 10.6. The number of esters is 1. The zero-order chi connectivity index (χ0) is 20.5. The van der Waals surface area contributed by atoms with Gasteiger partial charge in [-0.1, -0.05) is 30.3 Å². The molecule has 1 aromatic heterocycles. The number of para-hydroxylation sites is 1. The lowest BCUT2D eigenvalue weighted by Crippen LogP contribution is -2.27. The monoisotopic (exact) mass is 400 g/mol. The third-order valence-corrected chi connectivity index (χ3v) is 5.92. The number of nitrogens with zero attached hydrogens (tertiary/aromatic N) is 2. The van der Waals surface area contributed by atoms with E-state index in [4.69, 9.17) is 9.72 Å². The molecule has 2 aromatic carbocycles. The van der Waals surface area contributed by atoms with Gasteiger partial charge in [-0.3, -0.25) is 9.78 Å². The lowest BCUT2D eigenvalue weighted by Gasteiger charge is -2.15. The summed E-state index contributed by atoms with van der Waals surface area (Å²) >= 11 is 0. The van der Waals surface area contributed by atoms with E-state index in [1.54, 1.807) is 0 Å². The Bertz CT molecular complexity index is 1100. The van der Waals surface area contributed by atoms with E-state index < -0.39 is 0 Å². The van der Waals surface area contributed by atoms with Crippen LogP contribution >= 0.6 is 0 Å². The van der Waals surface area contributed by atoms with Crippen LogP contribution in [-0.4, -0.2) is 34.8 Å². The molecule has 2 heterocycles. The maximum Gasteiger partial charge on any atom is 0.339 e. The Hall–Kier alpha value is -3.21. The zero-order valence-electron chi connectivity index (χ0n) is 16.8. The van der Waals surface area contributed by atoms with Gasteiger partial charge in [0.1, 0.15) is 6.61 Å². The highest BCUT2D eigenvalue weighted by molar-refractivity contribution is 6.03. The van der Waals surface area contributed by atoms with Crippen LogP contribution in [0.5, 0.6) is 0 Å². The summed E-state index contributed by atoms with van der Waals surface area (Å²) in [7, 11) is 0. The molecular formula is C25H24N2O3. The minimum Gasteiger partial charge on any atom is -0.457 e. The second-order valence-corrected chi connectivity index (χ2v) is 8.16. The minimum atomic E-state index is -0.340. The smallest absolute Gasteiger partial charge is 0.339 e. The molecule has 3 aromatic rings. The lowest BCUT2D eigenvalue weighted by atomic mass is 10.1. The Morgan fingerprint density at radius 2 is 1.73 bits per heavy atom. The van der Waals surface area contributed by atoms with Gasteiger partial charge in [-0.15, -0.1) is 0 Å². The number of likely N-dealkylation sites (tertiary alicyclic amines) is 1. The molecule has 5 rings (SSSR count). The number of amides is 1. The number of benzene rings is 2. The lowest BCUT2D eigenvalue weighted by molar-refractivity contribution is 0.0474. The molecule has 1 aliphatic heterocycles. The van der Waals surface area contributed by atoms with E-state index in [0.29, 0.717) is 17.0 Å². The molecule has 152 valence electrons. The minimum absolute atomic E-state index is 0.0758. The van der Waals surface area contributed by atoms with Gasteiger partial charge in [0.05, 0.1) is 11.1 Å². The number of pyridine rings is 1. The summed E-state index contributed by atoms with van der Waals surface area (Å²) in [5.41, 5.74) is 3.93. The number of hydrogen-bond acceptors (Lipinski definition) is 4. The van der Waals surface area contributed by atoms with Gasteiger partial charge in [-0.2, -0.15) is 0 Å². The Balaban J connectivity index is 1.30. The van der Waals surface area contributed by atoms with Gasteiger partial charge in [0.25, 0.3) is 5.91 Å². The Morgan fingerprint density at radius 3 is 2.47 bits per heavy atom. The van der Waals surface area contributed by atoms with Crippen LogP contribution < -0.4 is 0 Å². The molecule has 5 heteroatoms. The fourth-order valence-electron chi connectivity index (χ4n) is 4.03. The van der Waals surface area contributed by atoms with Crippen molar-refractivity contribution < 1.29 is 14.3 Å². The highest BCUT2D eigenvalue weighted by atomic mass is 16.5. The van der Waals surface area contributed by atoms with Crippen molar-refractivity contribution in [2.24, 2.45) is 0 Å². The maximum absolute atomic E-state index is 12.9. The molecule has 0 bridgehead atoms. The third-order valence-electron chi connectivity index (χ3n) is 5.92. The van der Waals surface area contributed by atoms with E-state index in [2.05, 4.69) is 0 Å². The normalized spacial score (nSPS) is 16.1. The summed E-state index contributed by atoms with van der Waals surface area (Å²) in [5, 5.41) is 0.818. The molecule has 2 fully saturated rings. The van der Waals surface area contributed by atoms with Crippen molar-refractivity contribution in [3.63, 3.8) is 0 Å². The summed E-state index contributed by atoms with van der Waals surface area (Å²) in [6.45, 7) is 1.84. The fourth-order valence-corrected chi connectivity index (χ4v) is 4.03. The van der Waals surface area contributed by atoms with Gasteiger partial charge in [-0.05, 0) is 55.5 Å². The van der Waals surface area contributed by atoms with Gasteiger partial charge < -0.3 is 9.64 Å². The standard InChI is InChI=1S/C25H24N2O3/c28-24(27-13-3-4-14-27)19-9-7-17(8-10-19)16-30-25(29)21-15-23(18-11-12-18)26-22-6-2-1-5-20(21)22/h1-2,5-10,15,18H,3-4,11-14,16H2. The molecule has 0 spiro atoms. The molecule has 0 radical (unpaired) electrons. The largest absolute Gasteiger partial charge is 0.457 e. The van der Waals surface area contributed by atoms with Gasteiger partial charge >= 0.3 is 5.97 Å². The van der Waals surface area contributed by atoms with E-state index in [0.717, 1.165) is 60.9 Å². The van der Waals surface area contributed by atoms with E-state index in [1.165, 1.54) is 0 Å². The first-order chi connectivity index (χ1) is 14.7. The summed E-state index contributed by atoms with van der Waals surface area (Å²) in [6, 6.07) is 16.9. The number of aromatic nitrogens is 1.